The molecule has 0 aliphatic rings. The fourth-order valence-corrected chi connectivity index (χ4v) is 2.15. The Balaban J connectivity index is 2.34. The summed E-state index contributed by atoms with van der Waals surface area (Å²) in [5.74, 6) is -0.842. The van der Waals surface area contributed by atoms with Crippen molar-refractivity contribution in [2.75, 3.05) is 6.54 Å². The van der Waals surface area contributed by atoms with Gasteiger partial charge in [0.15, 0.2) is 11.6 Å². The summed E-state index contributed by atoms with van der Waals surface area (Å²) in [6.07, 6.45) is 5.00. The molecule has 1 aromatic carbocycles. The monoisotopic (exact) mass is 267 g/mol. The maximum absolute atomic E-state index is 13.2. The Labute approximate surface area is 116 Å². The highest BCUT2D eigenvalue weighted by atomic mass is 19.1. The molecule has 1 aromatic rings. The second-order valence-electron chi connectivity index (χ2n) is 6.01. The molecule has 3 heteroatoms. The van der Waals surface area contributed by atoms with E-state index in [4.69, 9.17) is 5.11 Å². The Kier molecular flexibility index (Phi) is 6.29. The molecular formula is C16H26FNO. The van der Waals surface area contributed by atoms with Crippen molar-refractivity contribution in [1.29, 1.82) is 0 Å². The summed E-state index contributed by atoms with van der Waals surface area (Å²) in [5, 5.41) is 12.5. The van der Waals surface area contributed by atoms with Gasteiger partial charge >= 0.3 is 0 Å². The Morgan fingerprint density at radius 3 is 2.63 bits per heavy atom. The zero-order chi connectivity index (χ0) is 14.3. The summed E-state index contributed by atoms with van der Waals surface area (Å²) >= 11 is 0. The molecule has 0 bridgehead atoms. The predicted octanol–water partition coefficient (Wildman–Crippen LogP) is 4.23. The molecule has 0 heterocycles. The maximum atomic E-state index is 13.2. The van der Waals surface area contributed by atoms with Crippen LogP contribution in [-0.4, -0.2) is 11.7 Å². The lowest BCUT2D eigenvalue weighted by atomic mass is 9.87. The highest BCUT2D eigenvalue weighted by molar-refractivity contribution is 5.27. The van der Waals surface area contributed by atoms with Crippen molar-refractivity contribution in [3.8, 4) is 5.75 Å². The lowest BCUT2D eigenvalue weighted by Crippen LogP contribution is -2.29. The maximum Gasteiger partial charge on any atom is 0.165 e. The topological polar surface area (TPSA) is 32.3 Å². The van der Waals surface area contributed by atoms with Crippen molar-refractivity contribution < 1.29 is 9.50 Å². The standard InChI is InChI=1S/C16H26FNO/c1-4-5-6-9-16(2,3)12-18-11-13-7-8-15(19)14(17)10-13/h7-8,10,18-19H,4-6,9,11-12H2,1-3H3. The molecule has 2 nitrogen and oxygen atoms in total. The molecule has 0 aliphatic heterocycles. The quantitative estimate of drug-likeness (QED) is 0.691. The van der Waals surface area contributed by atoms with Crippen molar-refractivity contribution in [1.82, 2.24) is 5.32 Å². The number of phenols is 1. The number of rotatable bonds is 8. The molecule has 0 fully saturated rings. The molecular weight excluding hydrogens is 241 g/mol. The van der Waals surface area contributed by atoms with Gasteiger partial charge in [0.25, 0.3) is 0 Å². The molecule has 0 saturated heterocycles. The van der Waals surface area contributed by atoms with E-state index in [0.717, 1.165) is 12.1 Å². The van der Waals surface area contributed by atoms with Crippen LogP contribution in [0.3, 0.4) is 0 Å². The number of phenolic OH excluding ortho intramolecular Hbond substituents is 1. The lowest BCUT2D eigenvalue weighted by Gasteiger charge is -2.25. The Morgan fingerprint density at radius 2 is 2.00 bits per heavy atom. The molecule has 0 aromatic heterocycles. The van der Waals surface area contributed by atoms with Crippen LogP contribution in [0.4, 0.5) is 4.39 Å². The van der Waals surface area contributed by atoms with Gasteiger partial charge in [-0.3, -0.25) is 0 Å². The van der Waals surface area contributed by atoms with Crippen molar-refractivity contribution in [2.24, 2.45) is 5.41 Å². The molecule has 19 heavy (non-hydrogen) atoms. The first-order chi connectivity index (χ1) is 8.94. The van der Waals surface area contributed by atoms with E-state index in [0.29, 0.717) is 6.54 Å². The first-order valence-corrected chi connectivity index (χ1v) is 7.13. The molecule has 2 N–H and O–H groups in total. The summed E-state index contributed by atoms with van der Waals surface area (Å²) in [7, 11) is 0. The van der Waals surface area contributed by atoms with Crippen molar-refractivity contribution in [3.05, 3.63) is 29.6 Å². The van der Waals surface area contributed by atoms with Crippen LogP contribution in [0.15, 0.2) is 18.2 Å². The molecule has 0 aliphatic carbocycles. The van der Waals surface area contributed by atoms with Crippen LogP contribution < -0.4 is 5.32 Å². The molecule has 108 valence electrons. The van der Waals surface area contributed by atoms with Crippen LogP contribution in [0.5, 0.6) is 5.75 Å². The van der Waals surface area contributed by atoms with E-state index in [9.17, 15) is 4.39 Å². The number of nitrogens with one attached hydrogen (secondary N) is 1. The summed E-state index contributed by atoms with van der Waals surface area (Å²) in [5.41, 5.74) is 1.13. The predicted molar refractivity (Wildman–Crippen MR) is 77.7 cm³/mol. The van der Waals surface area contributed by atoms with Crippen LogP contribution in [0.1, 0.15) is 52.0 Å². The van der Waals surface area contributed by atoms with Crippen LogP contribution >= 0.6 is 0 Å². The van der Waals surface area contributed by atoms with Crippen molar-refractivity contribution in [3.63, 3.8) is 0 Å². The average Bonchev–Trinajstić information content (AvgIpc) is 2.34. The van der Waals surface area contributed by atoms with E-state index in [1.165, 1.54) is 37.8 Å². The molecule has 0 amide bonds. The number of aromatic hydroxyl groups is 1. The minimum Gasteiger partial charge on any atom is -0.505 e. The first-order valence-electron chi connectivity index (χ1n) is 7.13. The highest BCUT2D eigenvalue weighted by Gasteiger charge is 2.16. The number of hydrogen-bond donors (Lipinski definition) is 2. The van der Waals surface area contributed by atoms with E-state index in [1.54, 1.807) is 6.07 Å². The first kappa shape index (κ1) is 16.0. The van der Waals surface area contributed by atoms with E-state index in [1.807, 2.05) is 0 Å². The van der Waals surface area contributed by atoms with Gasteiger partial charge in [-0.25, -0.2) is 4.39 Å². The van der Waals surface area contributed by atoms with Gasteiger partial charge in [0.2, 0.25) is 0 Å². The van der Waals surface area contributed by atoms with Gasteiger partial charge in [0.1, 0.15) is 0 Å². The van der Waals surface area contributed by atoms with E-state index < -0.39 is 5.82 Å². The number of hydrogen-bond acceptors (Lipinski definition) is 2. The minimum atomic E-state index is -0.554. The Hall–Kier alpha value is -1.09. The largest absolute Gasteiger partial charge is 0.505 e. The fourth-order valence-electron chi connectivity index (χ4n) is 2.15. The molecule has 0 atom stereocenters. The van der Waals surface area contributed by atoms with Gasteiger partial charge < -0.3 is 10.4 Å². The second-order valence-corrected chi connectivity index (χ2v) is 6.01. The Morgan fingerprint density at radius 1 is 1.26 bits per heavy atom. The fraction of sp³-hybridized carbons (Fsp3) is 0.625. The van der Waals surface area contributed by atoms with E-state index in [-0.39, 0.29) is 11.2 Å². The van der Waals surface area contributed by atoms with E-state index in [2.05, 4.69) is 26.1 Å². The third kappa shape index (κ3) is 6.06. The molecule has 0 spiro atoms. The zero-order valence-electron chi connectivity index (χ0n) is 12.3. The van der Waals surface area contributed by atoms with Crippen molar-refractivity contribution >= 4 is 0 Å². The van der Waals surface area contributed by atoms with Crippen molar-refractivity contribution in [2.45, 2.75) is 53.0 Å². The van der Waals surface area contributed by atoms with Crippen LogP contribution in [0.25, 0.3) is 0 Å². The van der Waals surface area contributed by atoms with Gasteiger partial charge in [0.05, 0.1) is 0 Å². The Bertz CT molecular complexity index is 390. The number of halogens is 1. The van der Waals surface area contributed by atoms with Gasteiger partial charge in [-0.05, 0) is 29.5 Å². The third-order valence-corrected chi connectivity index (χ3v) is 3.40. The summed E-state index contributed by atoms with van der Waals surface area (Å²) < 4.78 is 13.2. The van der Waals surface area contributed by atoms with Crippen LogP contribution in [-0.2, 0) is 6.54 Å². The van der Waals surface area contributed by atoms with Gasteiger partial charge in [-0.1, -0.05) is 46.1 Å². The second kappa shape index (κ2) is 7.49. The van der Waals surface area contributed by atoms with Gasteiger partial charge in [-0.15, -0.1) is 0 Å². The summed E-state index contributed by atoms with van der Waals surface area (Å²) in [6.45, 7) is 8.28. The SMILES string of the molecule is CCCCCC(C)(C)CNCc1ccc(O)c(F)c1. The normalized spacial score (nSPS) is 11.8. The van der Waals surface area contributed by atoms with Crippen LogP contribution in [0, 0.1) is 11.2 Å². The lowest BCUT2D eigenvalue weighted by molar-refractivity contribution is 0.302. The van der Waals surface area contributed by atoms with Gasteiger partial charge in [0, 0.05) is 13.1 Å². The third-order valence-electron chi connectivity index (χ3n) is 3.40. The van der Waals surface area contributed by atoms with Crippen LogP contribution in [0.2, 0.25) is 0 Å². The van der Waals surface area contributed by atoms with Gasteiger partial charge in [-0.2, -0.15) is 0 Å². The summed E-state index contributed by atoms with van der Waals surface area (Å²) in [6, 6.07) is 4.53. The summed E-state index contributed by atoms with van der Waals surface area (Å²) in [4.78, 5) is 0. The highest BCUT2D eigenvalue weighted by Crippen LogP contribution is 2.23. The molecule has 1 rings (SSSR count). The molecule has 0 saturated carbocycles. The number of benzene rings is 1. The smallest absolute Gasteiger partial charge is 0.165 e. The minimum absolute atomic E-state index is 0.268. The number of unbranched alkanes of at least 4 members (excludes halogenated alkanes) is 2. The average molecular weight is 267 g/mol. The zero-order valence-corrected chi connectivity index (χ0v) is 12.3. The van der Waals surface area contributed by atoms with E-state index >= 15 is 0 Å². The molecule has 0 unspecified atom stereocenters. The molecule has 0 radical (unpaired) electrons.